The van der Waals surface area contributed by atoms with Crippen LogP contribution in [0.3, 0.4) is 0 Å². The Bertz CT molecular complexity index is 1080. The Hall–Kier alpha value is -2.81. The normalized spacial score (nSPS) is 26.1. The van der Waals surface area contributed by atoms with Crippen molar-refractivity contribution in [2.75, 3.05) is 6.61 Å². The van der Waals surface area contributed by atoms with Gasteiger partial charge in [-0.1, -0.05) is 14.5 Å². The van der Waals surface area contributed by atoms with Gasteiger partial charge in [-0.05, 0) is 51.2 Å². The molecule has 5 atom stereocenters. The van der Waals surface area contributed by atoms with Crippen LogP contribution in [0, 0.1) is 18.8 Å². The Labute approximate surface area is 198 Å². The predicted molar refractivity (Wildman–Crippen MR) is 123 cm³/mol. The summed E-state index contributed by atoms with van der Waals surface area (Å²) in [7, 11) is 3.84. The summed E-state index contributed by atoms with van der Waals surface area (Å²) >= 11 is 0. The third-order valence-corrected chi connectivity index (χ3v) is 7.09. The monoisotopic (exact) mass is 493 g/mol. The minimum absolute atomic E-state index is 0.0265. The van der Waals surface area contributed by atoms with E-state index in [1.54, 1.807) is 23.9 Å². The highest BCUT2D eigenvalue weighted by Crippen LogP contribution is 2.52. The fraction of sp³-hybridized carbons (Fsp3) is 0.591. The Balaban J connectivity index is 1.38. The molecular weight excluding hydrogens is 464 g/mol. The standard InChI is InChI=1S/C22H29FN5O5P/c1-12-18(33-15-5-3-4-13(8-15)20(29)30)7-6-16(25-12)19-17(28(2)27-26-19)10-24-21(31)32-11-14-9-22(14,23)34/h6-7,13-15H,3-5,8-11,34H2,1-2H3,(H,24,31)(H,29,30)/t13-,14?,15-,22?/m0/s1. The van der Waals surface area contributed by atoms with Crippen LogP contribution in [0.4, 0.5) is 9.18 Å². The summed E-state index contributed by atoms with van der Waals surface area (Å²) in [4.78, 5) is 27.9. The Morgan fingerprint density at radius 2 is 2.15 bits per heavy atom. The lowest BCUT2D eigenvalue weighted by molar-refractivity contribution is -0.143. The molecule has 2 aliphatic carbocycles. The van der Waals surface area contributed by atoms with Gasteiger partial charge < -0.3 is 19.9 Å². The van der Waals surface area contributed by atoms with E-state index in [1.807, 2.05) is 6.92 Å². The van der Waals surface area contributed by atoms with Crippen molar-refractivity contribution in [3.05, 3.63) is 23.5 Å². The topological polar surface area (TPSA) is 128 Å². The predicted octanol–water partition coefficient (Wildman–Crippen LogP) is 2.99. The van der Waals surface area contributed by atoms with Crippen LogP contribution in [0.15, 0.2) is 12.1 Å². The second-order valence-corrected chi connectivity index (χ2v) is 9.97. The summed E-state index contributed by atoms with van der Waals surface area (Å²) in [5.41, 5.74) is 2.36. The number of hydrogen-bond acceptors (Lipinski definition) is 7. The zero-order chi connectivity index (χ0) is 24.5. The van der Waals surface area contributed by atoms with Crippen LogP contribution in [-0.2, 0) is 23.1 Å². The van der Waals surface area contributed by atoms with E-state index < -0.39 is 17.5 Å². The van der Waals surface area contributed by atoms with E-state index in [0.717, 1.165) is 12.8 Å². The lowest BCUT2D eigenvalue weighted by atomic mass is 9.87. The molecule has 4 rings (SSSR count). The highest BCUT2D eigenvalue weighted by atomic mass is 31.0. The van der Waals surface area contributed by atoms with Gasteiger partial charge in [0.05, 0.1) is 42.3 Å². The third-order valence-electron chi connectivity index (χ3n) is 6.39. The van der Waals surface area contributed by atoms with Gasteiger partial charge in [-0.3, -0.25) is 4.79 Å². The number of alkyl halides is 1. The number of nitrogens with zero attached hydrogens (tertiary/aromatic N) is 4. The molecule has 10 nitrogen and oxygen atoms in total. The zero-order valence-corrected chi connectivity index (χ0v) is 20.3. The lowest BCUT2D eigenvalue weighted by Crippen LogP contribution is -2.29. The van der Waals surface area contributed by atoms with Crippen molar-refractivity contribution in [3.8, 4) is 17.1 Å². The number of carbonyl (C=O) groups is 2. The van der Waals surface area contributed by atoms with Crippen molar-refractivity contribution in [3.63, 3.8) is 0 Å². The van der Waals surface area contributed by atoms with Gasteiger partial charge in [-0.25, -0.2) is 18.9 Å². The summed E-state index contributed by atoms with van der Waals surface area (Å²) in [5.74, 6) is -0.838. The summed E-state index contributed by atoms with van der Waals surface area (Å²) in [5, 5.41) is 18.8. The number of nitrogens with one attached hydrogen (secondary N) is 1. The molecule has 0 radical (unpaired) electrons. The molecule has 12 heteroatoms. The van der Waals surface area contributed by atoms with Gasteiger partial charge >= 0.3 is 12.1 Å². The lowest BCUT2D eigenvalue weighted by Gasteiger charge is -2.27. The first-order valence-corrected chi connectivity index (χ1v) is 11.9. The number of aromatic nitrogens is 4. The zero-order valence-electron chi connectivity index (χ0n) is 19.2. The summed E-state index contributed by atoms with van der Waals surface area (Å²) in [6.07, 6.45) is 2.36. The Morgan fingerprint density at radius 1 is 1.38 bits per heavy atom. The molecular formula is C22H29FN5O5P. The highest BCUT2D eigenvalue weighted by molar-refractivity contribution is 7.19. The quantitative estimate of drug-likeness (QED) is 0.537. The molecule has 1 amide bonds. The molecule has 184 valence electrons. The molecule has 2 aromatic heterocycles. The number of pyridine rings is 1. The summed E-state index contributed by atoms with van der Waals surface area (Å²) < 4.78 is 26.3. The molecule has 0 aliphatic heterocycles. The first kappa shape index (κ1) is 24.3. The molecule has 2 aromatic rings. The Morgan fingerprint density at radius 3 is 2.82 bits per heavy atom. The molecule has 0 aromatic carbocycles. The van der Waals surface area contributed by atoms with Crippen LogP contribution < -0.4 is 10.1 Å². The average molecular weight is 493 g/mol. The third kappa shape index (κ3) is 5.63. The van der Waals surface area contributed by atoms with Crippen LogP contribution in [0.25, 0.3) is 11.4 Å². The first-order chi connectivity index (χ1) is 16.1. The van der Waals surface area contributed by atoms with Gasteiger partial charge in [0.25, 0.3) is 0 Å². The minimum Gasteiger partial charge on any atom is -0.489 e. The number of aliphatic carboxylic acids is 1. The fourth-order valence-corrected chi connectivity index (χ4v) is 4.51. The molecule has 2 N–H and O–H groups in total. The van der Waals surface area contributed by atoms with Crippen molar-refractivity contribution >= 4 is 21.3 Å². The van der Waals surface area contributed by atoms with Gasteiger partial charge in [-0.15, -0.1) is 5.10 Å². The molecule has 34 heavy (non-hydrogen) atoms. The molecule has 2 heterocycles. The summed E-state index contributed by atoms with van der Waals surface area (Å²) in [6.45, 7) is 1.96. The summed E-state index contributed by atoms with van der Waals surface area (Å²) in [6, 6.07) is 3.56. The van der Waals surface area contributed by atoms with Crippen LogP contribution >= 0.6 is 9.24 Å². The number of alkyl carbamates (subject to hydrolysis) is 1. The molecule has 2 saturated carbocycles. The largest absolute Gasteiger partial charge is 0.489 e. The Kier molecular flexibility index (Phi) is 7.02. The molecule has 0 spiro atoms. The number of carboxylic acid groups (broad SMARTS) is 1. The van der Waals surface area contributed by atoms with E-state index in [2.05, 4.69) is 29.9 Å². The number of carbonyl (C=O) groups excluding carboxylic acids is 1. The SMILES string of the molecule is Cc1nc(-c2nnn(C)c2CNC(=O)OCC2CC2(F)P)ccc1O[C@H]1CCC[C@H](C(=O)O)C1. The van der Waals surface area contributed by atoms with Crippen LogP contribution in [-0.4, -0.2) is 55.3 Å². The number of hydrogen-bond donors (Lipinski definition) is 2. The van der Waals surface area contributed by atoms with E-state index >= 15 is 0 Å². The van der Waals surface area contributed by atoms with Crippen LogP contribution in [0.2, 0.25) is 0 Å². The highest BCUT2D eigenvalue weighted by Gasteiger charge is 2.52. The first-order valence-electron chi connectivity index (χ1n) is 11.3. The molecule has 3 unspecified atom stereocenters. The number of ether oxygens (including phenoxy) is 2. The maximum Gasteiger partial charge on any atom is 0.407 e. The molecule has 0 bridgehead atoms. The van der Waals surface area contributed by atoms with Gasteiger partial charge in [0.1, 0.15) is 16.9 Å². The second-order valence-electron chi connectivity index (χ2n) is 9.01. The van der Waals surface area contributed by atoms with Crippen LogP contribution in [0.1, 0.15) is 43.5 Å². The smallest absolute Gasteiger partial charge is 0.407 e. The number of amides is 1. The van der Waals surface area contributed by atoms with E-state index in [0.29, 0.717) is 47.8 Å². The van der Waals surface area contributed by atoms with E-state index in [-0.39, 0.29) is 31.1 Å². The fourth-order valence-electron chi connectivity index (χ4n) is 4.13. The maximum atomic E-state index is 13.5. The number of carboxylic acids is 1. The maximum absolute atomic E-state index is 13.5. The van der Waals surface area contributed by atoms with Gasteiger partial charge in [-0.2, -0.15) is 0 Å². The second kappa shape index (κ2) is 9.82. The van der Waals surface area contributed by atoms with Crippen LogP contribution in [0.5, 0.6) is 5.75 Å². The van der Waals surface area contributed by atoms with Gasteiger partial charge in [0, 0.05) is 13.0 Å². The number of rotatable bonds is 8. The van der Waals surface area contributed by atoms with E-state index in [1.165, 1.54) is 0 Å². The number of halogens is 1. The average Bonchev–Trinajstić information content (AvgIpc) is 3.24. The molecule has 0 saturated heterocycles. The minimum atomic E-state index is -1.33. The van der Waals surface area contributed by atoms with E-state index in [9.17, 15) is 19.1 Å². The van der Waals surface area contributed by atoms with Crippen molar-refractivity contribution in [2.45, 2.75) is 57.1 Å². The van der Waals surface area contributed by atoms with Gasteiger partial charge in [0.15, 0.2) is 0 Å². The molecule has 2 aliphatic rings. The van der Waals surface area contributed by atoms with Gasteiger partial charge in [0.2, 0.25) is 0 Å². The van der Waals surface area contributed by atoms with Crippen molar-refractivity contribution in [2.24, 2.45) is 18.9 Å². The van der Waals surface area contributed by atoms with E-state index in [4.69, 9.17) is 9.47 Å². The number of aryl methyl sites for hydroxylation is 2. The van der Waals surface area contributed by atoms with Crippen molar-refractivity contribution < 1.29 is 28.6 Å². The molecule has 2 fully saturated rings. The van der Waals surface area contributed by atoms with Crippen molar-refractivity contribution in [1.29, 1.82) is 0 Å². The van der Waals surface area contributed by atoms with Crippen molar-refractivity contribution in [1.82, 2.24) is 25.3 Å².